The lowest BCUT2D eigenvalue weighted by atomic mass is 9.99. The molecular weight excluding hydrogens is 262 g/mol. The van der Waals surface area contributed by atoms with Gasteiger partial charge in [0.2, 0.25) is 0 Å². The average Bonchev–Trinajstić information content (AvgIpc) is 2.48. The number of aromatic nitrogens is 1. The molecule has 0 fully saturated rings. The Morgan fingerprint density at radius 1 is 0.905 bits per heavy atom. The Morgan fingerprint density at radius 2 is 1.57 bits per heavy atom. The number of pyridine rings is 1. The number of carbonyl (C=O) groups excluding carboxylic acids is 1. The van der Waals surface area contributed by atoms with Crippen molar-refractivity contribution >= 4 is 17.1 Å². The molecule has 0 atom stereocenters. The summed E-state index contributed by atoms with van der Waals surface area (Å²) in [7, 11) is 0. The van der Waals surface area contributed by atoms with Gasteiger partial charge in [0.05, 0.1) is 5.69 Å². The van der Waals surface area contributed by atoms with E-state index in [1.807, 2.05) is 50.2 Å². The molecule has 0 bridgehead atoms. The van der Waals surface area contributed by atoms with Crippen molar-refractivity contribution in [2.75, 3.05) is 0 Å². The van der Waals surface area contributed by atoms with E-state index in [4.69, 9.17) is 0 Å². The number of aryl methyl sites for hydroxylation is 2. The van der Waals surface area contributed by atoms with Gasteiger partial charge in [-0.3, -0.25) is 9.59 Å². The third-order valence-corrected chi connectivity index (χ3v) is 3.68. The molecule has 0 radical (unpaired) electrons. The minimum Gasteiger partial charge on any atom is -0.321 e. The summed E-state index contributed by atoms with van der Waals surface area (Å²) in [6, 6.07) is 13.3. The lowest BCUT2D eigenvalue weighted by Gasteiger charge is -2.09. The molecule has 0 aliphatic rings. The molecule has 0 unspecified atom stereocenters. The first-order chi connectivity index (χ1) is 10.1. The summed E-state index contributed by atoms with van der Waals surface area (Å²) in [5.41, 5.74) is 3.88. The zero-order valence-electron chi connectivity index (χ0n) is 11.9. The van der Waals surface area contributed by atoms with E-state index in [2.05, 4.69) is 4.98 Å². The Morgan fingerprint density at radius 3 is 2.24 bits per heavy atom. The van der Waals surface area contributed by atoms with E-state index in [0.717, 1.165) is 23.0 Å². The fourth-order valence-electron chi connectivity index (χ4n) is 2.53. The summed E-state index contributed by atoms with van der Waals surface area (Å²) in [4.78, 5) is 26.7. The average molecular weight is 277 g/mol. The maximum Gasteiger partial charge on any atom is 0.256 e. The highest BCUT2D eigenvalue weighted by atomic mass is 16.1. The molecule has 104 valence electrons. The largest absolute Gasteiger partial charge is 0.321 e. The van der Waals surface area contributed by atoms with Gasteiger partial charge < -0.3 is 4.98 Å². The monoisotopic (exact) mass is 277 g/mol. The van der Waals surface area contributed by atoms with E-state index >= 15 is 0 Å². The second kappa shape index (κ2) is 5.02. The molecule has 1 heterocycles. The summed E-state index contributed by atoms with van der Waals surface area (Å²) < 4.78 is 0. The van der Waals surface area contributed by atoms with Crippen LogP contribution in [0.25, 0.3) is 22.0 Å². The van der Waals surface area contributed by atoms with Crippen LogP contribution in [0.2, 0.25) is 0 Å². The van der Waals surface area contributed by atoms with Crippen LogP contribution < -0.4 is 5.56 Å². The number of nitrogens with one attached hydrogen (secondary N) is 1. The molecule has 3 nitrogen and oxygen atoms in total. The van der Waals surface area contributed by atoms with Crippen LogP contribution in [0.4, 0.5) is 0 Å². The number of fused-ring (bicyclic) bond motifs is 1. The van der Waals surface area contributed by atoms with Gasteiger partial charge in [0, 0.05) is 10.9 Å². The van der Waals surface area contributed by atoms with Gasteiger partial charge in [-0.05, 0) is 30.9 Å². The van der Waals surface area contributed by atoms with Crippen molar-refractivity contribution in [2.45, 2.75) is 13.8 Å². The molecule has 0 saturated carbocycles. The first-order valence-electron chi connectivity index (χ1n) is 6.79. The Kier molecular flexibility index (Phi) is 3.18. The van der Waals surface area contributed by atoms with Crippen molar-refractivity contribution < 1.29 is 4.79 Å². The van der Waals surface area contributed by atoms with E-state index in [1.165, 1.54) is 0 Å². The summed E-state index contributed by atoms with van der Waals surface area (Å²) in [6.45, 7) is 3.92. The summed E-state index contributed by atoms with van der Waals surface area (Å²) in [6.07, 6.45) is 0.808. The van der Waals surface area contributed by atoms with Gasteiger partial charge in [-0.15, -0.1) is 0 Å². The number of aromatic amines is 1. The van der Waals surface area contributed by atoms with Crippen LogP contribution in [0.1, 0.15) is 21.5 Å². The van der Waals surface area contributed by atoms with Gasteiger partial charge in [-0.2, -0.15) is 0 Å². The van der Waals surface area contributed by atoms with E-state index in [-0.39, 0.29) is 5.56 Å². The number of carbonyl (C=O) groups is 1. The molecule has 1 N–H and O–H groups in total. The first-order valence-corrected chi connectivity index (χ1v) is 6.79. The highest BCUT2D eigenvalue weighted by Gasteiger charge is 2.12. The normalized spacial score (nSPS) is 10.8. The van der Waals surface area contributed by atoms with Crippen LogP contribution in [0.3, 0.4) is 0 Å². The summed E-state index contributed by atoms with van der Waals surface area (Å²) in [5.74, 6) is 0. The smallest absolute Gasteiger partial charge is 0.256 e. The molecular formula is C18H15NO2. The fourth-order valence-corrected chi connectivity index (χ4v) is 2.53. The molecule has 3 rings (SSSR count). The Balaban J connectivity index is 2.38. The number of rotatable bonds is 2. The van der Waals surface area contributed by atoms with Crippen LogP contribution in [0.15, 0.2) is 47.3 Å². The molecule has 0 saturated heterocycles. The third-order valence-electron chi connectivity index (χ3n) is 3.68. The second-order valence-electron chi connectivity index (χ2n) is 5.28. The minimum absolute atomic E-state index is 0.171. The number of aldehydes is 1. The van der Waals surface area contributed by atoms with Crippen LogP contribution in [-0.2, 0) is 0 Å². The zero-order chi connectivity index (χ0) is 15.0. The highest BCUT2D eigenvalue weighted by molar-refractivity contribution is 6.03. The van der Waals surface area contributed by atoms with Gasteiger partial charge in [-0.25, -0.2) is 0 Å². The Labute approximate surface area is 122 Å². The van der Waals surface area contributed by atoms with Crippen molar-refractivity contribution in [2.24, 2.45) is 0 Å². The molecule has 0 amide bonds. The van der Waals surface area contributed by atoms with Gasteiger partial charge in [0.25, 0.3) is 5.56 Å². The summed E-state index contributed by atoms with van der Waals surface area (Å²) in [5, 5.41) is 1.24. The van der Waals surface area contributed by atoms with Crippen LogP contribution >= 0.6 is 0 Å². The molecule has 1 aromatic heterocycles. The lowest BCUT2D eigenvalue weighted by molar-refractivity contribution is 0.112. The number of H-pyrrole nitrogens is 1. The second-order valence-corrected chi connectivity index (χ2v) is 5.28. The maximum absolute atomic E-state index is 12.3. The Bertz CT molecular complexity index is 889. The lowest BCUT2D eigenvalue weighted by Crippen LogP contribution is -2.10. The standard InChI is InChI=1S/C18H15NO2/c1-11-3-6-13(7-4-11)17-16(10-20)14-8-5-12(2)9-15(14)18(21)19-17/h3-10H,1-2H3,(H,19,21). The van der Waals surface area contributed by atoms with E-state index in [0.29, 0.717) is 22.0 Å². The number of benzene rings is 2. The van der Waals surface area contributed by atoms with E-state index in [9.17, 15) is 9.59 Å². The zero-order valence-corrected chi connectivity index (χ0v) is 11.9. The van der Waals surface area contributed by atoms with Gasteiger partial charge in [0.15, 0.2) is 6.29 Å². The Hall–Kier alpha value is -2.68. The molecule has 2 aromatic carbocycles. The van der Waals surface area contributed by atoms with Crippen LogP contribution in [-0.4, -0.2) is 11.3 Å². The predicted molar refractivity (Wildman–Crippen MR) is 84.9 cm³/mol. The van der Waals surface area contributed by atoms with Crippen molar-refractivity contribution in [3.05, 3.63) is 69.5 Å². The SMILES string of the molecule is Cc1ccc(-c2[nH]c(=O)c3cc(C)ccc3c2C=O)cc1. The van der Waals surface area contributed by atoms with Crippen molar-refractivity contribution in [3.8, 4) is 11.3 Å². The molecule has 3 heteroatoms. The van der Waals surface area contributed by atoms with Crippen molar-refractivity contribution in [1.29, 1.82) is 0 Å². The van der Waals surface area contributed by atoms with Gasteiger partial charge in [-0.1, -0.05) is 47.5 Å². The third kappa shape index (κ3) is 2.27. The predicted octanol–water partition coefficient (Wildman–Crippen LogP) is 3.62. The summed E-state index contributed by atoms with van der Waals surface area (Å²) >= 11 is 0. The number of hydrogen-bond acceptors (Lipinski definition) is 2. The van der Waals surface area contributed by atoms with E-state index in [1.54, 1.807) is 6.07 Å². The molecule has 21 heavy (non-hydrogen) atoms. The quantitative estimate of drug-likeness (QED) is 0.727. The topological polar surface area (TPSA) is 49.9 Å². The van der Waals surface area contributed by atoms with Crippen LogP contribution in [0.5, 0.6) is 0 Å². The van der Waals surface area contributed by atoms with E-state index < -0.39 is 0 Å². The molecule has 0 aliphatic carbocycles. The van der Waals surface area contributed by atoms with Gasteiger partial charge >= 0.3 is 0 Å². The van der Waals surface area contributed by atoms with Crippen molar-refractivity contribution in [1.82, 2.24) is 4.98 Å². The van der Waals surface area contributed by atoms with Gasteiger partial charge in [0.1, 0.15) is 0 Å². The fraction of sp³-hybridized carbons (Fsp3) is 0.111. The highest BCUT2D eigenvalue weighted by Crippen LogP contribution is 2.25. The van der Waals surface area contributed by atoms with Crippen LogP contribution in [0, 0.1) is 13.8 Å². The molecule has 0 aliphatic heterocycles. The minimum atomic E-state index is -0.171. The maximum atomic E-state index is 12.3. The number of hydrogen-bond donors (Lipinski definition) is 1. The molecule has 0 spiro atoms. The van der Waals surface area contributed by atoms with Crippen molar-refractivity contribution in [3.63, 3.8) is 0 Å². The first kappa shape index (κ1) is 13.3. The molecule has 3 aromatic rings.